The summed E-state index contributed by atoms with van der Waals surface area (Å²) >= 11 is 5.78. The fraction of sp³-hybridized carbons (Fsp3) is 0.200. The molecule has 0 radical (unpaired) electrons. The first-order chi connectivity index (χ1) is 11.2. The topological polar surface area (TPSA) is 71.3 Å². The summed E-state index contributed by atoms with van der Waals surface area (Å²) in [6.45, 7) is 0. The average molecular weight is 359 g/mol. The van der Waals surface area contributed by atoms with Crippen molar-refractivity contribution >= 4 is 29.2 Å². The number of anilines is 1. The van der Waals surface area contributed by atoms with Gasteiger partial charge in [-0.1, -0.05) is 11.6 Å². The normalized spacial score (nSPS) is 17.3. The van der Waals surface area contributed by atoms with Gasteiger partial charge < -0.3 is 15.0 Å². The molecule has 1 aliphatic rings. The number of aromatic nitrogens is 1. The molecular weight excluding hydrogens is 349 g/mol. The van der Waals surface area contributed by atoms with Crippen LogP contribution >= 0.6 is 11.6 Å². The van der Waals surface area contributed by atoms with Crippen molar-refractivity contribution in [2.45, 2.75) is 18.5 Å². The summed E-state index contributed by atoms with van der Waals surface area (Å²) in [6, 6.07) is 5.90. The van der Waals surface area contributed by atoms with Gasteiger partial charge in [0.1, 0.15) is 11.5 Å². The minimum absolute atomic E-state index is 0.304. The van der Waals surface area contributed by atoms with Crippen molar-refractivity contribution in [2.24, 2.45) is 0 Å². The molecule has 0 saturated carbocycles. The lowest BCUT2D eigenvalue weighted by Crippen LogP contribution is -2.33. The van der Waals surface area contributed by atoms with Gasteiger partial charge in [-0.05, 0) is 24.3 Å². The van der Waals surface area contributed by atoms with Gasteiger partial charge in [0, 0.05) is 23.3 Å². The second-order valence-corrected chi connectivity index (χ2v) is 5.74. The average Bonchev–Trinajstić information content (AvgIpc) is 2.85. The maximum atomic E-state index is 13.4. The van der Waals surface area contributed by atoms with E-state index in [4.69, 9.17) is 11.6 Å². The number of carboxylic acids is 1. The Morgan fingerprint density at radius 2 is 1.92 bits per heavy atom. The minimum atomic E-state index is -4.69. The largest absolute Gasteiger partial charge is 0.478 e. The van der Waals surface area contributed by atoms with Crippen LogP contribution in [0, 0.1) is 0 Å². The lowest BCUT2D eigenvalue weighted by atomic mass is 9.94. The molecule has 24 heavy (non-hydrogen) atoms. The van der Waals surface area contributed by atoms with Crippen LogP contribution in [-0.4, -0.2) is 27.7 Å². The zero-order valence-electron chi connectivity index (χ0n) is 11.9. The Balaban J connectivity index is 2.28. The van der Waals surface area contributed by atoms with Crippen LogP contribution in [0.5, 0.6) is 0 Å². The molecule has 0 saturated heterocycles. The summed E-state index contributed by atoms with van der Waals surface area (Å²) < 4.78 is 41.3. The van der Waals surface area contributed by atoms with E-state index in [-0.39, 0.29) is 11.4 Å². The molecule has 9 heteroatoms. The molecule has 126 valence electrons. The van der Waals surface area contributed by atoms with Crippen molar-refractivity contribution in [1.82, 2.24) is 4.57 Å². The van der Waals surface area contributed by atoms with E-state index in [0.717, 1.165) is 10.8 Å². The summed E-state index contributed by atoms with van der Waals surface area (Å²) in [5.41, 5.74) is -0.714. The van der Waals surface area contributed by atoms with E-state index in [1.165, 1.54) is 24.3 Å². The number of carbonyl (C=O) groups is 2. The summed E-state index contributed by atoms with van der Waals surface area (Å²) in [6.07, 6.45) is -4.42. The zero-order chi connectivity index (χ0) is 17.6. The third-order valence-electron chi connectivity index (χ3n) is 3.76. The molecule has 5 nitrogen and oxygen atoms in total. The van der Waals surface area contributed by atoms with Crippen LogP contribution in [0.3, 0.4) is 0 Å². The number of carbonyl (C=O) groups excluding carboxylic acids is 1. The molecule has 2 aromatic rings. The number of hydrogen-bond donors (Lipinski definition) is 2. The number of alkyl halides is 3. The van der Waals surface area contributed by atoms with Crippen LogP contribution in [-0.2, 0) is 4.79 Å². The van der Waals surface area contributed by atoms with Crippen LogP contribution in [0.25, 0.3) is 5.69 Å². The predicted molar refractivity (Wildman–Crippen MR) is 79.8 cm³/mol. The first kappa shape index (κ1) is 16.4. The van der Waals surface area contributed by atoms with Crippen LogP contribution in [0.4, 0.5) is 18.9 Å². The Morgan fingerprint density at radius 3 is 2.46 bits per heavy atom. The van der Waals surface area contributed by atoms with Gasteiger partial charge in [0.15, 0.2) is 0 Å². The Hall–Kier alpha value is -2.48. The van der Waals surface area contributed by atoms with E-state index < -0.39 is 36.0 Å². The van der Waals surface area contributed by atoms with E-state index >= 15 is 0 Å². The van der Waals surface area contributed by atoms with Crippen LogP contribution in [0.2, 0.25) is 5.02 Å². The number of halogens is 4. The third-order valence-corrected chi connectivity index (χ3v) is 4.01. The van der Waals surface area contributed by atoms with E-state index in [0.29, 0.717) is 10.7 Å². The number of rotatable bonds is 2. The van der Waals surface area contributed by atoms with Crippen molar-refractivity contribution < 1.29 is 27.9 Å². The van der Waals surface area contributed by atoms with Crippen molar-refractivity contribution in [3.05, 3.63) is 46.7 Å². The molecule has 0 aliphatic carbocycles. The van der Waals surface area contributed by atoms with Crippen molar-refractivity contribution in [3.8, 4) is 5.69 Å². The first-order valence-electron chi connectivity index (χ1n) is 6.79. The summed E-state index contributed by atoms with van der Waals surface area (Å²) in [5.74, 6) is -4.40. The van der Waals surface area contributed by atoms with E-state index in [1.54, 1.807) is 0 Å². The molecule has 1 atom stereocenters. The molecule has 2 heterocycles. The van der Waals surface area contributed by atoms with Gasteiger partial charge in [0.2, 0.25) is 5.91 Å². The number of hydrogen-bond acceptors (Lipinski definition) is 2. The molecule has 1 aromatic heterocycles. The fourth-order valence-corrected chi connectivity index (χ4v) is 2.84. The highest BCUT2D eigenvalue weighted by Crippen LogP contribution is 2.46. The molecule has 0 unspecified atom stereocenters. The number of nitrogens with zero attached hydrogens (tertiary/aromatic N) is 1. The van der Waals surface area contributed by atoms with Gasteiger partial charge in [0.05, 0.1) is 11.4 Å². The Kier molecular flexibility index (Phi) is 3.79. The smallest absolute Gasteiger partial charge is 0.397 e. The lowest BCUT2D eigenvalue weighted by molar-refractivity contribution is -0.157. The fourth-order valence-electron chi connectivity index (χ4n) is 2.72. The van der Waals surface area contributed by atoms with Crippen LogP contribution < -0.4 is 5.32 Å². The predicted octanol–water partition coefficient (Wildman–Crippen LogP) is 3.82. The van der Waals surface area contributed by atoms with E-state index in [1.807, 2.05) is 0 Å². The number of aromatic carboxylic acids is 1. The van der Waals surface area contributed by atoms with Gasteiger partial charge in [-0.3, -0.25) is 4.79 Å². The Labute approximate surface area is 138 Å². The van der Waals surface area contributed by atoms with Gasteiger partial charge >= 0.3 is 12.1 Å². The molecule has 0 bridgehead atoms. The maximum Gasteiger partial charge on any atom is 0.397 e. The van der Waals surface area contributed by atoms with Gasteiger partial charge in [-0.2, -0.15) is 13.2 Å². The number of amides is 1. The molecule has 2 N–H and O–H groups in total. The van der Waals surface area contributed by atoms with Gasteiger partial charge in [0.25, 0.3) is 0 Å². The highest BCUT2D eigenvalue weighted by Gasteiger charge is 2.48. The Bertz CT molecular complexity index is 828. The van der Waals surface area contributed by atoms with Crippen molar-refractivity contribution in [1.29, 1.82) is 0 Å². The lowest BCUT2D eigenvalue weighted by Gasteiger charge is -2.27. The van der Waals surface area contributed by atoms with Gasteiger partial charge in [-0.25, -0.2) is 4.79 Å². The molecule has 0 spiro atoms. The standard InChI is InChI=1S/C15H10ClF3N2O3/c16-7-1-3-8(4-2-7)21-6-9(14(23)24)12-13(21)10(15(17,18)19)5-11(22)20-12/h1-4,6,10H,5H2,(H,20,22)(H,23,24)/t10-/m1/s1. The minimum Gasteiger partial charge on any atom is -0.478 e. The summed E-state index contributed by atoms with van der Waals surface area (Å²) in [4.78, 5) is 23.0. The number of carboxylic acid groups (broad SMARTS) is 1. The number of benzene rings is 1. The highest BCUT2D eigenvalue weighted by atomic mass is 35.5. The molecular formula is C15H10ClF3N2O3. The molecule has 1 aromatic carbocycles. The number of fused-ring (bicyclic) bond motifs is 1. The van der Waals surface area contributed by atoms with E-state index in [2.05, 4.69) is 5.32 Å². The van der Waals surface area contributed by atoms with Crippen molar-refractivity contribution in [3.63, 3.8) is 0 Å². The molecule has 3 rings (SSSR count). The summed E-state index contributed by atoms with van der Waals surface area (Å²) in [5, 5.41) is 11.9. The highest BCUT2D eigenvalue weighted by molar-refractivity contribution is 6.30. The molecule has 1 aliphatic heterocycles. The number of nitrogens with one attached hydrogen (secondary N) is 1. The molecule has 0 fully saturated rings. The van der Waals surface area contributed by atoms with Crippen LogP contribution in [0.1, 0.15) is 28.4 Å². The second kappa shape index (κ2) is 5.55. The van der Waals surface area contributed by atoms with E-state index in [9.17, 15) is 27.9 Å². The third kappa shape index (κ3) is 2.73. The summed E-state index contributed by atoms with van der Waals surface area (Å²) in [7, 11) is 0. The molecule has 1 amide bonds. The Morgan fingerprint density at radius 1 is 1.29 bits per heavy atom. The van der Waals surface area contributed by atoms with Gasteiger partial charge in [-0.15, -0.1) is 0 Å². The monoisotopic (exact) mass is 358 g/mol. The zero-order valence-corrected chi connectivity index (χ0v) is 12.6. The quantitative estimate of drug-likeness (QED) is 0.857. The van der Waals surface area contributed by atoms with Crippen molar-refractivity contribution in [2.75, 3.05) is 5.32 Å². The second-order valence-electron chi connectivity index (χ2n) is 5.30. The first-order valence-corrected chi connectivity index (χ1v) is 7.17. The SMILES string of the molecule is O=C1C[C@@H](C(F)(F)F)c2c(c(C(=O)O)cn2-c2ccc(Cl)cc2)N1. The van der Waals surface area contributed by atoms with Crippen LogP contribution in [0.15, 0.2) is 30.5 Å². The maximum absolute atomic E-state index is 13.4.